The largest absolute Gasteiger partial charge is 0.368 e. The van der Waals surface area contributed by atoms with E-state index in [1.165, 1.54) is 54.7 Å². The predicted molar refractivity (Wildman–Crippen MR) is 75.7 cm³/mol. The Morgan fingerprint density at radius 1 is 1.24 bits per heavy atom. The summed E-state index contributed by atoms with van der Waals surface area (Å²) in [4.78, 5) is 5.22. The van der Waals surface area contributed by atoms with Crippen LogP contribution in [0.5, 0.6) is 0 Å². The molecule has 2 saturated heterocycles. The lowest BCUT2D eigenvalue weighted by Gasteiger charge is -2.39. The Morgan fingerprint density at radius 3 is 2.94 bits per heavy atom. The second-order valence-corrected chi connectivity index (χ2v) is 6.12. The summed E-state index contributed by atoms with van der Waals surface area (Å²) in [5, 5.41) is 0. The zero-order valence-electron chi connectivity index (χ0n) is 10.3. The lowest BCUT2D eigenvalue weighted by atomic mass is 10.1. The summed E-state index contributed by atoms with van der Waals surface area (Å²) in [7, 11) is 0. The summed E-state index contributed by atoms with van der Waals surface area (Å²) in [6, 6.07) is 7.43. The van der Waals surface area contributed by atoms with Gasteiger partial charge in [0, 0.05) is 35.8 Å². The summed E-state index contributed by atoms with van der Waals surface area (Å²) in [5.41, 5.74) is 2.80. The van der Waals surface area contributed by atoms with E-state index in [1.807, 2.05) is 0 Å². The van der Waals surface area contributed by atoms with Gasteiger partial charge in [-0.15, -0.1) is 0 Å². The van der Waals surface area contributed by atoms with Gasteiger partial charge in [0.2, 0.25) is 0 Å². The van der Waals surface area contributed by atoms with Crippen molar-refractivity contribution in [1.29, 1.82) is 0 Å². The van der Waals surface area contributed by atoms with Crippen molar-refractivity contribution in [2.45, 2.75) is 25.8 Å². The molecule has 2 fully saturated rings. The number of nitrogens with zero attached hydrogens (tertiary/aromatic N) is 2. The quantitative estimate of drug-likeness (QED) is 0.786. The summed E-state index contributed by atoms with van der Waals surface area (Å²) >= 11 is 3.54. The Hall–Kier alpha value is -0.540. The first kappa shape index (κ1) is 11.5. The van der Waals surface area contributed by atoms with Crippen molar-refractivity contribution in [2.75, 3.05) is 31.1 Å². The van der Waals surface area contributed by atoms with Crippen LogP contribution in [-0.2, 0) is 0 Å². The first-order chi connectivity index (χ1) is 8.24. The van der Waals surface area contributed by atoms with E-state index in [-0.39, 0.29) is 0 Å². The smallest absolute Gasteiger partial charge is 0.0397 e. The van der Waals surface area contributed by atoms with E-state index in [0.717, 1.165) is 6.04 Å². The maximum absolute atomic E-state index is 3.54. The minimum Gasteiger partial charge on any atom is -0.368 e. The molecule has 0 radical (unpaired) electrons. The molecule has 2 aliphatic rings. The van der Waals surface area contributed by atoms with Crippen molar-refractivity contribution >= 4 is 21.6 Å². The van der Waals surface area contributed by atoms with Crippen LogP contribution in [0.25, 0.3) is 0 Å². The van der Waals surface area contributed by atoms with Crippen LogP contribution >= 0.6 is 15.9 Å². The van der Waals surface area contributed by atoms with Gasteiger partial charge in [-0.3, -0.25) is 4.90 Å². The molecule has 2 aliphatic heterocycles. The first-order valence-electron chi connectivity index (χ1n) is 6.49. The zero-order valence-corrected chi connectivity index (χ0v) is 11.9. The van der Waals surface area contributed by atoms with E-state index in [9.17, 15) is 0 Å². The molecule has 1 unspecified atom stereocenters. The van der Waals surface area contributed by atoms with Crippen LogP contribution in [0.15, 0.2) is 22.7 Å². The van der Waals surface area contributed by atoms with Crippen molar-refractivity contribution in [3.63, 3.8) is 0 Å². The molecule has 1 aromatic carbocycles. The minimum absolute atomic E-state index is 0.798. The molecule has 17 heavy (non-hydrogen) atoms. The van der Waals surface area contributed by atoms with Gasteiger partial charge in [0.15, 0.2) is 0 Å². The van der Waals surface area contributed by atoms with Gasteiger partial charge < -0.3 is 4.90 Å². The van der Waals surface area contributed by atoms with Crippen molar-refractivity contribution in [1.82, 2.24) is 4.90 Å². The number of piperazine rings is 1. The Kier molecular flexibility index (Phi) is 3.14. The molecule has 2 heterocycles. The molecule has 0 spiro atoms. The molecule has 0 aliphatic carbocycles. The number of fused-ring (bicyclic) bond motifs is 1. The van der Waals surface area contributed by atoms with Crippen LogP contribution in [-0.4, -0.2) is 37.1 Å². The van der Waals surface area contributed by atoms with E-state index in [0.29, 0.717) is 0 Å². The third-order valence-corrected chi connectivity index (χ3v) is 4.58. The van der Waals surface area contributed by atoms with Crippen molar-refractivity contribution in [3.8, 4) is 0 Å². The molecule has 1 atom stereocenters. The summed E-state index contributed by atoms with van der Waals surface area (Å²) in [5.74, 6) is 0. The predicted octanol–water partition coefficient (Wildman–Crippen LogP) is 3.04. The fourth-order valence-corrected chi connectivity index (χ4v) is 3.66. The number of benzene rings is 1. The van der Waals surface area contributed by atoms with Crippen LogP contribution < -0.4 is 4.90 Å². The normalized spacial score (nSPS) is 25.1. The van der Waals surface area contributed by atoms with E-state index < -0.39 is 0 Å². The van der Waals surface area contributed by atoms with Gasteiger partial charge >= 0.3 is 0 Å². The molecule has 0 aromatic heterocycles. The summed E-state index contributed by atoms with van der Waals surface area (Å²) in [6.45, 7) is 7.15. The van der Waals surface area contributed by atoms with Crippen LogP contribution in [0.2, 0.25) is 0 Å². The molecule has 3 rings (SSSR count). The van der Waals surface area contributed by atoms with E-state index >= 15 is 0 Å². The van der Waals surface area contributed by atoms with E-state index in [4.69, 9.17) is 0 Å². The number of hydrogen-bond acceptors (Lipinski definition) is 2. The SMILES string of the molecule is Cc1cc(Br)ccc1N1CCN2CCCC2C1. The van der Waals surface area contributed by atoms with Crippen LogP contribution in [0, 0.1) is 6.92 Å². The molecule has 0 amide bonds. The first-order valence-corrected chi connectivity index (χ1v) is 7.28. The van der Waals surface area contributed by atoms with Crippen molar-refractivity contribution in [2.24, 2.45) is 0 Å². The molecule has 2 nitrogen and oxygen atoms in total. The van der Waals surface area contributed by atoms with Gasteiger partial charge in [0.25, 0.3) is 0 Å². The van der Waals surface area contributed by atoms with E-state index in [2.05, 4.69) is 50.9 Å². The second kappa shape index (κ2) is 4.62. The molecule has 92 valence electrons. The van der Waals surface area contributed by atoms with E-state index in [1.54, 1.807) is 0 Å². The molecule has 0 bridgehead atoms. The molecule has 1 aromatic rings. The average Bonchev–Trinajstić information content (AvgIpc) is 2.75. The van der Waals surface area contributed by atoms with Crippen LogP contribution in [0.4, 0.5) is 5.69 Å². The Labute approximate surface area is 112 Å². The topological polar surface area (TPSA) is 6.48 Å². The summed E-state index contributed by atoms with van der Waals surface area (Å²) < 4.78 is 1.18. The highest BCUT2D eigenvalue weighted by atomic mass is 79.9. The van der Waals surface area contributed by atoms with Gasteiger partial charge in [-0.05, 0) is 50.1 Å². The zero-order chi connectivity index (χ0) is 11.8. The van der Waals surface area contributed by atoms with Crippen molar-refractivity contribution < 1.29 is 0 Å². The van der Waals surface area contributed by atoms with Gasteiger partial charge in [-0.25, -0.2) is 0 Å². The Morgan fingerprint density at radius 2 is 2.12 bits per heavy atom. The van der Waals surface area contributed by atoms with Gasteiger partial charge in [-0.2, -0.15) is 0 Å². The van der Waals surface area contributed by atoms with Crippen molar-refractivity contribution in [3.05, 3.63) is 28.2 Å². The van der Waals surface area contributed by atoms with Crippen LogP contribution in [0.3, 0.4) is 0 Å². The fraction of sp³-hybridized carbons (Fsp3) is 0.571. The highest BCUT2D eigenvalue weighted by Crippen LogP contribution is 2.28. The number of rotatable bonds is 1. The lowest BCUT2D eigenvalue weighted by molar-refractivity contribution is 0.231. The standard InChI is InChI=1S/C14H19BrN2/c1-11-9-12(15)4-5-14(11)17-8-7-16-6-2-3-13(16)10-17/h4-5,9,13H,2-3,6-8,10H2,1H3. The van der Waals surface area contributed by atoms with Gasteiger partial charge in [0.1, 0.15) is 0 Å². The molecule has 3 heteroatoms. The van der Waals surface area contributed by atoms with Gasteiger partial charge in [0.05, 0.1) is 0 Å². The fourth-order valence-electron chi connectivity index (χ4n) is 3.18. The maximum Gasteiger partial charge on any atom is 0.0397 e. The number of aryl methyl sites for hydroxylation is 1. The highest BCUT2D eigenvalue weighted by molar-refractivity contribution is 9.10. The average molecular weight is 295 g/mol. The molecule has 0 N–H and O–H groups in total. The number of halogens is 1. The summed E-state index contributed by atoms with van der Waals surface area (Å²) in [6.07, 6.45) is 2.77. The maximum atomic E-state index is 3.54. The monoisotopic (exact) mass is 294 g/mol. The Bertz CT molecular complexity index is 419. The number of anilines is 1. The number of hydrogen-bond donors (Lipinski definition) is 0. The third-order valence-electron chi connectivity index (χ3n) is 4.09. The molecule has 0 saturated carbocycles. The van der Waals surface area contributed by atoms with Gasteiger partial charge in [-0.1, -0.05) is 15.9 Å². The lowest BCUT2D eigenvalue weighted by Crippen LogP contribution is -2.50. The molecular formula is C14H19BrN2. The minimum atomic E-state index is 0.798. The molecular weight excluding hydrogens is 276 g/mol. The second-order valence-electron chi connectivity index (χ2n) is 5.21. The third kappa shape index (κ3) is 2.23. The Balaban J connectivity index is 1.80. The highest BCUT2D eigenvalue weighted by Gasteiger charge is 2.30. The van der Waals surface area contributed by atoms with Crippen LogP contribution in [0.1, 0.15) is 18.4 Å².